The van der Waals surface area contributed by atoms with Crippen molar-refractivity contribution in [3.8, 4) is 0 Å². The van der Waals surface area contributed by atoms with Crippen LogP contribution in [-0.2, 0) is 9.53 Å². The highest BCUT2D eigenvalue weighted by Gasteiger charge is 2.18. The summed E-state index contributed by atoms with van der Waals surface area (Å²) < 4.78 is 9.80. The molecular formula is C11H14N2O5. The van der Waals surface area contributed by atoms with Crippen molar-refractivity contribution in [3.05, 3.63) is 24.6 Å². The number of esters is 1. The quantitative estimate of drug-likeness (QED) is 0.571. The van der Waals surface area contributed by atoms with E-state index in [1.54, 1.807) is 6.92 Å². The Hall–Kier alpha value is -2.31. The zero-order valence-corrected chi connectivity index (χ0v) is 9.96. The van der Waals surface area contributed by atoms with Gasteiger partial charge in [-0.3, -0.25) is 4.79 Å². The summed E-state index contributed by atoms with van der Waals surface area (Å²) in [5.41, 5.74) is 0.00583. The van der Waals surface area contributed by atoms with Gasteiger partial charge in [0.05, 0.1) is 6.61 Å². The summed E-state index contributed by atoms with van der Waals surface area (Å²) in [7, 11) is 0. The summed E-state index contributed by atoms with van der Waals surface area (Å²) in [6.45, 7) is 5.36. The Morgan fingerprint density at radius 2 is 2.39 bits per heavy atom. The summed E-state index contributed by atoms with van der Waals surface area (Å²) in [4.78, 5) is 27.2. The van der Waals surface area contributed by atoms with Gasteiger partial charge in [-0.15, -0.1) is 6.58 Å². The second-order valence-corrected chi connectivity index (χ2v) is 3.30. The number of hydrogen-bond donors (Lipinski definition) is 1. The molecule has 1 rings (SSSR count). The van der Waals surface area contributed by atoms with Gasteiger partial charge in [0.1, 0.15) is 12.8 Å². The Balaban J connectivity index is 2.83. The molecule has 0 amide bonds. The van der Waals surface area contributed by atoms with E-state index in [-0.39, 0.29) is 31.4 Å². The predicted octanol–water partition coefficient (Wildman–Crippen LogP) is 0.928. The van der Waals surface area contributed by atoms with Crippen LogP contribution in [0.3, 0.4) is 0 Å². The maximum Gasteiger partial charge on any atom is 0.360 e. The van der Waals surface area contributed by atoms with Crippen molar-refractivity contribution in [1.29, 1.82) is 0 Å². The Morgan fingerprint density at radius 1 is 1.67 bits per heavy atom. The van der Waals surface area contributed by atoms with E-state index >= 15 is 0 Å². The first-order chi connectivity index (χ1) is 8.58. The molecule has 1 aromatic rings. The molecule has 0 aliphatic carbocycles. The number of hydrogen-bond acceptors (Lipinski definition) is 6. The molecular weight excluding hydrogens is 240 g/mol. The summed E-state index contributed by atoms with van der Waals surface area (Å²) in [6.07, 6.45) is 2.64. The third kappa shape index (κ3) is 3.62. The van der Waals surface area contributed by atoms with Crippen LogP contribution in [0.25, 0.3) is 0 Å². The van der Waals surface area contributed by atoms with E-state index in [9.17, 15) is 9.59 Å². The third-order valence-corrected chi connectivity index (χ3v) is 1.92. The molecule has 7 nitrogen and oxygen atoms in total. The maximum absolute atomic E-state index is 11.4. The number of carbonyl (C=O) groups excluding carboxylic acids is 1. The van der Waals surface area contributed by atoms with Gasteiger partial charge in [-0.2, -0.15) is 4.98 Å². The Kier molecular flexibility index (Phi) is 4.91. The molecule has 0 atom stereocenters. The van der Waals surface area contributed by atoms with Crippen LogP contribution in [0.15, 0.2) is 23.3 Å². The average molecular weight is 254 g/mol. The van der Waals surface area contributed by atoms with Crippen molar-refractivity contribution in [2.24, 2.45) is 0 Å². The average Bonchev–Trinajstić information content (AvgIpc) is 2.77. The molecule has 0 spiro atoms. The monoisotopic (exact) mass is 254 g/mol. The highest BCUT2D eigenvalue weighted by molar-refractivity contribution is 5.87. The molecule has 98 valence electrons. The molecule has 18 heavy (non-hydrogen) atoms. The van der Waals surface area contributed by atoms with E-state index < -0.39 is 11.9 Å². The lowest BCUT2D eigenvalue weighted by molar-refractivity contribution is -0.135. The minimum absolute atomic E-state index is 0.00583. The lowest BCUT2D eigenvalue weighted by Gasteiger charge is -2.15. The maximum atomic E-state index is 11.4. The lowest BCUT2D eigenvalue weighted by atomic mass is 10.5. The first kappa shape index (κ1) is 13.8. The van der Waals surface area contributed by atoms with Crippen molar-refractivity contribution < 1.29 is 23.8 Å². The fourth-order valence-electron chi connectivity index (χ4n) is 1.24. The molecule has 0 aliphatic heterocycles. The van der Waals surface area contributed by atoms with Crippen LogP contribution in [0.5, 0.6) is 0 Å². The van der Waals surface area contributed by atoms with E-state index in [0.717, 1.165) is 6.26 Å². The van der Waals surface area contributed by atoms with Crippen LogP contribution in [0, 0.1) is 0 Å². The van der Waals surface area contributed by atoms with Gasteiger partial charge in [-0.1, -0.05) is 6.08 Å². The van der Waals surface area contributed by atoms with Gasteiger partial charge in [0.2, 0.25) is 0 Å². The normalized spacial score (nSPS) is 9.83. The van der Waals surface area contributed by atoms with Crippen LogP contribution >= 0.6 is 0 Å². The molecule has 0 aliphatic rings. The number of aromatic nitrogens is 1. The van der Waals surface area contributed by atoms with Crippen molar-refractivity contribution in [1.82, 2.24) is 4.98 Å². The second kappa shape index (κ2) is 6.43. The highest BCUT2D eigenvalue weighted by atomic mass is 16.5. The van der Waals surface area contributed by atoms with Crippen molar-refractivity contribution in [2.45, 2.75) is 6.92 Å². The zero-order chi connectivity index (χ0) is 13.5. The van der Waals surface area contributed by atoms with E-state index in [1.165, 1.54) is 11.0 Å². The van der Waals surface area contributed by atoms with Crippen LogP contribution in [0.4, 0.5) is 6.01 Å². The molecule has 0 unspecified atom stereocenters. The number of oxazole rings is 1. The van der Waals surface area contributed by atoms with Gasteiger partial charge in [-0.25, -0.2) is 4.79 Å². The minimum atomic E-state index is -1.03. The largest absolute Gasteiger partial charge is 0.480 e. The van der Waals surface area contributed by atoms with E-state index in [2.05, 4.69) is 11.6 Å². The van der Waals surface area contributed by atoms with Crippen LogP contribution in [0.1, 0.15) is 17.4 Å². The SMILES string of the molecule is C=CCN(CC(=O)O)c1nc(C(=O)OCC)co1. The van der Waals surface area contributed by atoms with Gasteiger partial charge < -0.3 is 19.2 Å². The second-order valence-electron chi connectivity index (χ2n) is 3.30. The van der Waals surface area contributed by atoms with Crippen LogP contribution < -0.4 is 4.90 Å². The molecule has 0 saturated carbocycles. The molecule has 7 heteroatoms. The summed E-state index contributed by atoms with van der Waals surface area (Å²) in [6, 6.07) is 0.0420. The molecule has 1 aromatic heterocycles. The summed E-state index contributed by atoms with van der Waals surface area (Å²) in [5, 5.41) is 8.74. The number of nitrogens with zero attached hydrogens (tertiary/aromatic N) is 2. The molecule has 0 saturated heterocycles. The number of carboxylic acids is 1. The van der Waals surface area contributed by atoms with Gasteiger partial charge >= 0.3 is 11.9 Å². The van der Waals surface area contributed by atoms with Crippen molar-refractivity contribution >= 4 is 18.0 Å². The lowest BCUT2D eigenvalue weighted by Crippen LogP contribution is -2.30. The van der Waals surface area contributed by atoms with Crippen LogP contribution in [-0.4, -0.2) is 41.7 Å². The fraction of sp³-hybridized carbons (Fsp3) is 0.364. The number of carbonyl (C=O) groups is 2. The number of ether oxygens (including phenoxy) is 1. The molecule has 0 fully saturated rings. The van der Waals surface area contributed by atoms with Gasteiger partial charge in [0.25, 0.3) is 6.01 Å². The number of anilines is 1. The van der Waals surface area contributed by atoms with Gasteiger partial charge in [0, 0.05) is 6.54 Å². The predicted molar refractivity (Wildman–Crippen MR) is 62.5 cm³/mol. The van der Waals surface area contributed by atoms with E-state index in [1.807, 2.05) is 0 Å². The fourth-order valence-corrected chi connectivity index (χ4v) is 1.24. The summed E-state index contributed by atoms with van der Waals surface area (Å²) >= 11 is 0. The zero-order valence-electron chi connectivity index (χ0n) is 9.96. The first-order valence-corrected chi connectivity index (χ1v) is 5.28. The standard InChI is InChI=1S/C11H14N2O5/c1-3-5-13(6-9(14)15)11-12-8(7-18-11)10(16)17-4-2/h3,7H,1,4-6H2,2H3,(H,14,15). The third-order valence-electron chi connectivity index (χ3n) is 1.92. The number of aliphatic carboxylic acids is 1. The molecule has 0 aromatic carbocycles. The van der Waals surface area contributed by atoms with Gasteiger partial charge in [-0.05, 0) is 6.92 Å². The molecule has 1 N–H and O–H groups in total. The molecule has 1 heterocycles. The highest BCUT2D eigenvalue weighted by Crippen LogP contribution is 2.14. The van der Waals surface area contributed by atoms with E-state index in [4.69, 9.17) is 14.3 Å². The smallest absolute Gasteiger partial charge is 0.360 e. The first-order valence-electron chi connectivity index (χ1n) is 5.28. The number of rotatable bonds is 7. The molecule has 0 bridgehead atoms. The van der Waals surface area contributed by atoms with E-state index in [0.29, 0.717) is 0 Å². The Labute approximate surface area is 104 Å². The Morgan fingerprint density at radius 3 is 2.94 bits per heavy atom. The minimum Gasteiger partial charge on any atom is -0.480 e. The summed E-state index contributed by atoms with van der Waals surface area (Å²) in [5.74, 6) is -1.64. The van der Waals surface area contributed by atoms with Crippen molar-refractivity contribution in [3.63, 3.8) is 0 Å². The van der Waals surface area contributed by atoms with Crippen LogP contribution in [0.2, 0.25) is 0 Å². The molecule has 0 radical (unpaired) electrons. The topological polar surface area (TPSA) is 92.9 Å². The number of carboxylic acid groups (broad SMARTS) is 1. The Bertz CT molecular complexity index is 440. The van der Waals surface area contributed by atoms with Gasteiger partial charge in [0.15, 0.2) is 5.69 Å². The van der Waals surface area contributed by atoms with Crippen molar-refractivity contribution in [2.75, 3.05) is 24.6 Å².